The Morgan fingerprint density at radius 2 is 1.81 bits per heavy atom. The van der Waals surface area contributed by atoms with E-state index in [1.165, 1.54) is 31.3 Å². The third-order valence-corrected chi connectivity index (χ3v) is 3.58. The molecule has 6 nitrogen and oxygen atoms in total. The smallest absolute Gasteiger partial charge is 0.339 e. The highest BCUT2D eigenvalue weighted by molar-refractivity contribution is 5.95. The van der Waals surface area contributed by atoms with E-state index in [1.54, 1.807) is 24.3 Å². The van der Waals surface area contributed by atoms with Gasteiger partial charge in [0.05, 0.1) is 17.4 Å². The maximum absolute atomic E-state index is 13.1. The number of carbonyl (C=O) groups is 1. The SMILES string of the molecule is CC(=O)c1cccc(Nc2cnnc(Nc3ccccc3C(F)(F)F)n2)c1. The molecule has 138 valence electrons. The van der Waals surface area contributed by atoms with Crippen LogP contribution in [0.3, 0.4) is 0 Å². The highest BCUT2D eigenvalue weighted by Gasteiger charge is 2.33. The molecule has 0 bridgehead atoms. The predicted molar refractivity (Wildman–Crippen MR) is 94.3 cm³/mol. The van der Waals surface area contributed by atoms with Crippen molar-refractivity contribution in [2.45, 2.75) is 13.1 Å². The molecule has 0 radical (unpaired) electrons. The van der Waals surface area contributed by atoms with E-state index in [2.05, 4.69) is 25.8 Å². The summed E-state index contributed by atoms with van der Waals surface area (Å²) >= 11 is 0. The first kappa shape index (κ1) is 18.3. The summed E-state index contributed by atoms with van der Waals surface area (Å²) in [5.41, 5.74) is 0.0907. The van der Waals surface area contributed by atoms with Crippen LogP contribution in [0, 0.1) is 0 Å². The van der Waals surface area contributed by atoms with Crippen LogP contribution in [0.1, 0.15) is 22.8 Å². The number of aromatic nitrogens is 3. The van der Waals surface area contributed by atoms with Gasteiger partial charge in [-0.25, -0.2) is 0 Å². The van der Waals surface area contributed by atoms with Crippen LogP contribution in [0.15, 0.2) is 54.7 Å². The lowest BCUT2D eigenvalue weighted by Crippen LogP contribution is -2.10. The van der Waals surface area contributed by atoms with Gasteiger partial charge in [0.1, 0.15) is 0 Å². The predicted octanol–water partition coefficient (Wildman–Crippen LogP) is 4.58. The van der Waals surface area contributed by atoms with Gasteiger partial charge < -0.3 is 10.6 Å². The fourth-order valence-corrected chi connectivity index (χ4v) is 2.34. The first-order valence-electron chi connectivity index (χ1n) is 7.84. The second-order valence-corrected chi connectivity index (χ2v) is 5.60. The van der Waals surface area contributed by atoms with Crippen LogP contribution in [-0.2, 0) is 6.18 Å². The molecule has 3 rings (SSSR count). The molecule has 9 heteroatoms. The molecule has 0 saturated carbocycles. The van der Waals surface area contributed by atoms with Crippen LogP contribution in [0.5, 0.6) is 0 Å². The zero-order valence-electron chi connectivity index (χ0n) is 14.1. The Hall–Kier alpha value is -3.49. The van der Waals surface area contributed by atoms with E-state index < -0.39 is 11.7 Å². The Bertz CT molecular complexity index is 975. The minimum atomic E-state index is -4.51. The number of para-hydroxylation sites is 1. The fourth-order valence-electron chi connectivity index (χ4n) is 2.34. The number of hydrogen-bond acceptors (Lipinski definition) is 6. The average molecular weight is 373 g/mol. The Kier molecular flexibility index (Phi) is 5.02. The number of carbonyl (C=O) groups excluding carboxylic acids is 1. The second kappa shape index (κ2) is 7.40. The molecule has 0 aliphatic heterocycles. The molecule has 0 spiro atoms. The van der Waals surface area contributed by atoms with E-state index in [1.807, 2.05) is 0 Å². The Morgan fingerprint density at radius 1 is 1.04 bits per heavy atom. The van der Waals surface area contributed by atoms with Gasteiger partial charge in [-0.2, -0.15) is 23.3 Å². The summed E-state index contributed by atoms with van der Waals surface area (Å²) in [6.07, 6.45) is -3.19. The van der Waals surface area contributed by atoms with E-state index >= 15 is 0 Å². The average Bonchev–Trinajstić information content (AvgIpc) is 2.62. The number of alkyl halides is 3. The van der Waals surface area contributed by atoms with Gasteiger partial charge >= 0.3 is 6.18 Å². The topological polar surface area (TPSA) is 79.8 Å². The van der Waals surface area contributed by atoms with Crippen LogP contribution >= 0.6 is 0 Å². The van der Waals surface area contributed by atoms with Crippen molar-refractivity contribution in [2.24, 2.45) is 0 Å². The number of nitrogens with zero attached hydrogens (tertiary/aromatic N) is 3. The Labute approximate surface area is 152 Å². The van der Waals surface area contributed by atoms with Crippen molar-refractivity contribution in [3.05, 3.63) is 65.9 Å². The van der Waals surface area contributed by atoms with E-state index in [4.69, 9.17) is 0 Å². The van der Waals surface area contributed by atoms with Crippen molar-refractivity contribution in [3.63, 3.8) is 0 Å². The molecular weight excluding hydrogens is 359 g/mol. The van der Waals surface area contributed by atoms with Crippen molar-refractivity contribution < 1.29 is 18.0 Å². The van der Waals surface area contributed by atoms with Crippen molar-refractivity contribution in [1.29, 1.82) is 0 Å². The van der Waals surface area contributed by atoms with Crippen molar-refractivity contribution in [3.8, 4) is 0 Å². The molecule has 2 aromatic carbocycles. The van der Waals surface area contributed by atoms with Crippen molar-refractivity contribution >= 4 is 28.9 Å². The normalized spacial score (nSPS) is 11.1. The molecule has 0 amide bonds. The number of hydrogen-bond donors (Lipinski definition) is 2. The molecule has 0 unspecified atom stereocenters. The molecule has 0 aliphatic rings. The van der Waals surface area contributed by atoms with Crippen molar-refractivity contribution in [2.75, 3.05) is 10.6 Å². The Morgan fingerprint density at radius 3 is 2.56 bits per heavy atom. The lowest BCUT2D eigenvalue weighted by Gasteiger charge is -2.13. The summed E-state index contributed by atoms with van der Waals surface area (Å²) in [4.78, 5) is 15.6. The zero-order valence-corrected chi connectivity index (χ0v) is 14.1. The molecular formula is C18H14F3N5O. The number of ketones is 1. The Balaban J connectivity index is 1.83. The molecule has 0 aliphatic carbocycles. The van der Waals surface area contributed by atoms with E-state index in [-0.39, 0.29) is 23.2 Å². The van der Waals surface area contributed by atoms with E-state index in [9.17, 15) is 18.0 Å². The number of benzene rings is 2. The minimum Gasteiger partial charge on any atom is -0.339 e. The highest BCUT2D eigenvalue weighted by atomic mass is 19.4. The van der Waals surface area contributed by atoms with Crippen LogP contribution in [0.2, 0.25) is 0 Å². The summed E-state index contributed by atoms with van der Waals surface area (Å²) in [5, 5.41) is 12.9. The molecule has 0 atom stereocenters. The second-order valence-electron chi connectivity index (χ2n) is 5.60. The third-order valence-electron chi connectivity index (χ3n) is 3.58. The van der Waals surface area contributed by atoms with Gasteiger partial charge in [-0.1, -0.05) is 24.3 Å². The molecule has 3 aromatic rings. The van der Waals surface area contributed by atoms with Crippen molar-refractivity contribution in [1.82, 2.24) is 15.2 Å². The van der Waals surface area contributed by atoms with Gasteiger partial charge in [0.25, 0.3) is 0 Å². The highest BCUT2D eigenvalue weighted by Crippen LogP contribution is 2.35. The van der Waals surface area contributed by atoms with E-state index in [0.29, 0.717) is 11.3 Å². The molecule has 2 N–H and O–H groups in total. The molecule has 0 saturated heterocycles. The number of rotatable bonds is 5. The van der Waals surface area contributed by atoms with Crippen LogP contribution < -0.4 is 10.6 Å². The lowest BCUT2D eigenvalue weighted by molar-refractivity contribution is -0.136. The summed E-state index contributed by atoms with van der Waals surface area (Å²) in [6.45, 7) is 1.45. The van der Waals surface area contributed by atoms with Gasteiger partial charge in [-0.15, -0.1) is 5.10 Å². The summed E-state index contributed by atoms with van der Waals surface area (Å²) in [6, 6.07) is 11.7. The standard InChI is InChI=1S/C18H14F3N5O/c1-11(27)12-5-4-6-13(9-12)23-16-10-22-26-17(25-16)24-15-8-3-2-7-14(15)18(19,20)21/h2-10H,1H3,(H2,23,24,25,26). The van der Waals surface area contributed by atoms with E-state index in [0.717, 1.165) is 6.07 Å². The van der Waals surface area contributed by atoms with Crippen LogP contribution in [0.25, 0.3) is 0 Å². The maximum atomic E-state index is 13.1. The van der Waals surface area contributed by atoms with Gasteiger partial charge in [-0.05, 0) is 31.2 Å². The number of nitrogens with one attached hydrogen (secondary N) is 2. The zero-order chi connectivity index (χ0) is 19.4. The number of halogens is 3. The summed E-state index contributed by atoms with van der Waals surface area (Å²) < 4.78 is 39.3. The van der Waals surface area contributed by atoms with Crippen LogP contribution in [-0.4, -0.2) is 21.0 Å². The van der Waals surface area contributed by atoms with Gasteiger partial charge in [0.15, 0.2) is 11.6 Å². The molecule has 0 fully saturated rings. The quantitative estimate of drug-likeness (QED) is 0.637. The number of Topliss-reactive ketones (excluding diaryl/α,β-unsaturated/α-hetero) is 1. The third kappa shape index (κ3) is 4.57. The monoisotopic (exact) mass is 373 g/mol. The summed E-state index contributed by atoms with van der Waals surface area (Å²) in [7, 11) is 0. The largest absolute Gasteiger partial charge is 0.418 e. The minimum absolute atomic E-state index is 0.0921. The van der Waals surface area contributed by atoms with Gasteiger partial charge in [-0.3, -0.25) is 4.79 Å². The lowest BCUT2D eigenvalue weighted by atomic mass is 10.1. The fraction of sp³-hybridized carbons (Fsp3) is 0.111. The molecule has 1 heterocycles. The van der Waals surface area contributed by atoms with Crippen LogP contribution in [0.4, 0.5) is 36.3 Å². The first-order valence-corrected chi connectivity index (χ1v) is 7.84. The van der Waals surface area contributed by atoms with Gasteiger partial charge in [0, 0.05) is 11.3 Å². The molecule has 27 heavy (non-hydrogen) atoms. The molecule has 1 aromatic heterocycles. The summed E-state index contributed by atoms with van der Waals surface area (Å²) in [5.74, 6) is 0.0719. The number of anilines is 4. The maximum Gasteiger partial charge on any atom is 0.418 e. The van der Waals surface area contributed by atoms with Gasteiger partial charge in [0.2, 0.25) is 5.95 Å². The first-order chi connectivity index (χ1) is 12.8.